The van der Waals surface area contributed by atoms with E-state index in [1.165, 1.54) is 12.7 Å². The molecule has 1 fully saturated rings. The Bertz CT molecular complexity index is 690. The summed E-state index contributed by atoms with van der Waals surface area (Å²) in [6, 6.07) is 0.309. The van der Waals surface area contributed by atoms with Crippen molar-refractivity contribution in [3.05, 3.63) is 12.7 Å². The van der Waals surface area contributed by atoms with Gasteiger partial charge in [0.05, 0.1) is 6.33 Å². The molecule has 0 aliphatic carbocycles. The molecule has 0 amide bonds. The summed E-state index contributed by atoms with van der Waals surface area (Å²) in [5.41, 5.74) is 6.68. The van der Waals surface area contributed by atoms with Crippen molar-refractivity contribution >= 4 is 17.0 Å². The highest BCUT2D eigenvalue weighted by Gasteiger charge is 2.44. The van der Waals surface area contributed by atoms with Gasteiger partial charge >= 0.3 is 0 Å². The first-order chi connectivity index (χ1) is 10.9. The van der Waals surface area contributed by atoms with Gasteiger partial charge in [0.15, 0.2) is 17.7 Å². The van der Waals surface area contributed by atoms with Crippen LogP contribution in [0.2, 0.25) is 0 Å². The molecule has 4 atom stereocenters. The summed E-state index contributed by atoms with van der Waals surface area (Å²) in [7, 11) is 1.95. The Hall–Kier alpha value is -1.81. The van der Waals surface area contributed by atoms with E-state index in [1.807, 2.05) is 7.05 Å². The zero-order valence-corrected chi connectivity index (χ0v) is 13.4. The normalized spacial score (nSPS) is 28.3. The summed E-state index contributed by atoms with van der Waals surface area (Å²) in [6.07, 6.45) is -0.511. The average Bonchev–Trinajstić information content (AvgIpc) is 3.05. The van der Waals surface area contributed by atoms with E-state index in [9.17, 15) is 10.2 Å². The summed E-state index contributed by atoms with van der Waals surface area (Å²) in [5, 5.41) is 20.7. The van der Waals surface area contributed by atoms with Crippen molar-refractivity contribution in [2.75, 3.05) is 19.3 Å². The number of aliphatic hydroxyl groups excluding tert-OH is 2. The summed E-state index contributed by atoms with van der Waals surface area (Å²) in [5.74, 6) is 0.262. The van der Waals surface area contributed by atoms with Crippen LogP contribution >= 0.6 is 0 Å². The van der Waals surface area contributed by atoms with Crippen LogP contribution in [0.3, 0.4) is 0 Å². The van der Waals surface area contributed by atoms with Gasteiger partial charge in [0, 0.05) is 12.6 Å². The summed E-state index contributed by atoms with van der Waals surface area (Å²) in [6.45, 7) is 4.62. The lowest BCUT2D eigenvalue weighted by molar-refractivity contribution is -0.0442. The second-order valence-electron chi connectivity index (χ2n) is 6.16. The number of fused-ring (bicyclic) bond motifs is 1. The van der Waals surface area contributed by atoms with Crippen LogP contribution in [0.5, 0.6) is 0 Å². The fourth-order valence-electron chi connectivity index (χ4n) is 2.66. The quantitative estimate of drug-likeness (QED) is 0.680. The van der Waals surface area contributed by atoms with Gasteiger partial charge < -0.3 is 25.6 Å². The minimum atomic E-state index is -1.07. The second-order valence-corrected chi connectivity index (χ2v) is 6.16. The fourth-order valence-corrected chi connectivity index (χ4v) is 2.66. The third kappa shape index (κ3) is 2.76. The molecule has 0 aromatic carbocycles. The number of aromatic nitrogens is 4. The maximum Gasteiger partial charge on any atom is 0.167 e. The first-order valence-electron chi connectivity index (χ1n) is 7.55. The van der Waals surface area contributed by atoms with E-state index in [4.69, 9.17) is 10.5 Å². The molecule has 0 bridgehead atoms. The molecule has 23 heavy (non-hydrogen) atoms. The van der Waals surface area contributed by atoms with Crippen LogP contribution in [0.25, 0.3) is 11.2 Å². The van der Waals surface area contributed by atoms with Crippen molar-refractivity contribution in [2.45, 2.75) is 44.4 Å². The van der Waals surface area contributed by atoms with Crippen molar-refractivity contribution in [1.29, 1.82) is 0 Å². The Morgan fingerprint density at radius 1 is 1.30 bits per heavy atom. The Labute approximate surface area is 133 Å². The molecule has 126 valence electrons. The number of likely N-dealkylation sites (N-methyl/N-ethyl adjacent to an activating group) is 1. The minimum absolute atomic E-state index is 0.262. The topological polar surface area (TPSA) is 123 Å². The Morgan fingerprint density at radius 3 is 2.74 bits per heavy atom. The number of hydrogen-bond acceptors (Lipinski definition) is 8. The van der Waals surface area contributed by atoms with Gasteiger partial charge in [-0.05, 0) is 20.9 Å². The molecule has 9 heteroatoms. The molecule has 0 radical (unpaired) electrons. The first kappa shape index (κ1) is 16.1. The smallest absolute Gasteiger partial charge is 0.167 e. The SMILES string of the molecule is CC(C)N(C)CC1OC(n2cnc3c(N)ncnc32)[C@H](O)[C@@H]1O. The Kier molecular flexibility index (Phi) is 4.19. The Morgan fingerprint density at radius 2 is 2.04 bits per heavy atom. The van der Waals surface area contributed by atoms with Crippen LogP contribution in [0.1, 0.15) is 20.1 Å². The van der Waals surface area contributed by atoms with E-state index < -0.39 is 24.5 Å². The van der Waals surface area contributed by atoms with Crippen molar-refractivity contribution in [3.8, 4) is 0 Å². The summed E-state index contributed by atoms with van der Waals surface area (Å²) >= 11 is 0. The van der Waals surface area contributed by atoms with Crippen LogP contribution in [-0.4, -0.2) is 72.6 Å². The third-order valence-electron chi connectivity index (χ3n) is 4.35. The van der Waals surface area contributed by atoms with E-state index in [-0.39, 0.29) is 5.82 Å². The van der Waals surface area contributed by atoms with Crippen LogP contribution in [0, 0.1) is 0 Å². The van der Waals surface area contributed by atoms with Gasteiger partial charge in [-0.15, -0.1) is 0 Å². The van der Waals surface area contributed by atoms with Crippen LogP contribution in [0.4, 0.5) is 5.82 Å². The number of nitrogens with zero attached hydrogens (tertiary/aromatic N) is 5. The number of aliphatic hydroxyl groups is 2. The lowest BCUT2D eigenvalue weighted by Gasteiger charge is -2.25. The van der Waals surface area contributed by atoms with Crippen molar-refractivity contribution < 1.29 is 14.9 Å². The van der Waals surface area contributed by atoms with Gasteiger partial charge in [-0.2, -0.15) is 0 Å². The number of ether oxygens (including phenoxy) is 1. The number of nitrogens with two attached hydrogens (primary N) is 1. The van der Waals surface area contributed by atoms with Crippen molar-refractivity contribution in [1.82, 2.24) is 24.4 Å². The van der Waals surface area contributed by atoms with Gasteiger partial charge in [0.25, 0.3) is 0 Å². The van der Waals surface area contributed by atoms with Crippen LogP contribution < -0.4 is 5.73 Å². The molecule has 2 unspecified atom stereocenters. The molecular formula is C14H22N6O3. The van der Waals surface area contributed by atoms with Gasteiger partial charge in [-0.1, -0.05) is 0 Å². The number of anilines is 1. The largest absolute Gasteiger partial charge is 0.387 e. The molecule has 2 aromatic rings. The number of nitrogen functional groups attached to an aromatic ring is 1. The predicted molar refractivity (Wildman–Crippen MR) is 83.4 cm³/mol. The van der Waals surface area contributed by atoms with E-state index in [0.717, 1.165) is 0 Å². The zero-order chi connectivity index (χ0) is 16.7. The summed E-state index contributed by atoms with van der Waals surface area (Å²) < 4.78 is 7.46. The fraction of sp³-hybridized carbons (Fsp3) is 0.643. The molecule has 1 aliphatic rings. The molecule has 2 aromatic heterocycles. The monoisotopic (exact) mass is 322 g/mol. The zero-order valence-electron chi connectivity index (χ0n) is 13.4. The van der Waals surface area contributed by atoms with Crippen molar-refractivity contribution in [3.63, 3.8) is 0 Å². The van der Waals surface area contributed by atoms with Gasteiger partial charge in [0.1, 0.15) is 30.2 Å². The van der Waals surface area contributed by atoms with Gasteiger partial charge in [-0.25, -0.2) is 15.0 Å². The molecule has 1 aliphatic heterocycles. The maximum absolute atomic E-state index is 10.4. The van der Waals surface area contributed by atoms with E-state index in [1.54, 1.807) is 4.57 Å². The number of rotatable bonds is 4. The van der Waals surface area contributed by atoms with Gasteiger partial charge in [0.2, 0.25) is 0 Å². The van der Waals surface area contributed by atoms with E-state index >= 15 is 0 Å². The highest BCUT2D eigenvalue weighted by molar-refractivity contribution is 5.81. The lowest BCUT2D eigenvalue weighted by atomic mass is 10.1. The average molecular weight is 322 g/mol. The maximum atomic E-state index is 10.4. The first-order valence-corrected chi connectivity index (χ1v) is 7.55. The molecule has 0 spiro atoms. The number of hydrogen-bond donors (Lipinski definition) is 3. The second kappa shape index (κ2) is 6.00. The Balaban J connectivity index is 1.87. The predicted octanol–water partition coefficient (Wildman–Crippen LogP) is -0.632. The highest BCUT2D eigenvalue weighted by Crippen LogP contribution is 2.32. The minimum Gasteiger partial charge on any atom is -0.387 e. The molecular weight excluding hydrogens is 300 g/mol. The van der Waals surface area contributed by atoms with E-state index in [2.05, 4.69) is 33.7 Å². The standard InChI is InChI=1S/C14H22N6O3/c1-7(2)19(3)4-8-10(21)11(22)14(23-8)20-6-18-9-12(15)16-5-17-13(9)20/h5-8,10-11,14,21-22H,4H2,1-3H3,(H2,15,16,17)/t8?,10-,11-,14?/m1/s1. The molecule has 1 saturated heterocycles. The van der Waals surface area contributed by atoms with Crippen molar-refractivity contribution in [2.24, 2.45) is 0 Å². The lowest BCUT2D eigenvalue weighted by Crippen LogP contribution is -2.40. The van der Waals surface area contributed by atoms with E-state index in [0.29, 0.717) is 23.8 Å². The molecule has 0 saturated carbocycles. The van der Waals surface area contributed by atoms with Crippen LogP contribution in [-0.2, 0) is 4.74 Å². The summed E-state index contributed by atoms with van der Waals surface area (Å²) in [4.78, 5) is 14.2. The molecule has 3 heterocycles. The van der Waals surface area contributed by atoms with Gasteiger partial charge in [-0.3, -0.25) is 4.57 Å². The molecule has 4 N–H and O–H groups in total. The third-order valence-corrected chi connectivity index (χ3v) is 4.35. The number of imidazole rings is 1. The highest BCUT2D eigenvalue weighted by atomic mass is 16.6. The molecule has 9 nitrogen and oxygen atoms in total. The van der Waals surface area contributed by atoms with Crippen LogP contribution in [0.15, 0.2) is 12.7 Å². The molecule has 3 rings (SSSR count).